The second-order valence-electron chi connectivity index (χ2n) is 6.97. The molecule has 1 rings (SSSR count). The average molecular weight is 251 g/mol. The Morgan fingerprint density at radius 2 is 1.89 bits per heavy atom. The Labute approximate surface area is 112 Å². The zero-order valence-electron chi connectivity index (χ0n) is 12.8. The van der Waals surface area contributed by atoms with E-state index >= 15 is 0 Å². The third-order valence-electron chi connectivity index (χ3n) is 3.80. The summed E-state index contributed by atoms with van der Waals surface area (Å²) < 4.78 is 2.23. The molecule has 3 nitrogen and oxygen atoms in total. The van der Waals surface area contributed by atoms with Crippen LogP contribution in [0.4, 0.5) is 0 Å². The van der Waals surface area contributed by atoms with E-state index in [1.54, 1.807) is 0 Å². The summed E-state index contributed by atoms with van der Waals surface area (Å²) in [6, 6.07) is 0.0969. The number of nitrogens with zero attached hydrogens (tertiary/aromatic N) is 2. The first-order valence-corrected chi connectivity index (χ1v) is 6.97. The topological polar surface area (TPSA) is 43.8 Å². The highest BCUT2D eigenvalue weighted by atomic mass is 15.1. The maximum atomic E-state index is 6.27. The normalized spacial score (nSPS) is 16.0. The van der Waals surface area contributed by atoms with E-state index in [0.717, 1.165) is 13.0 Å². The highest BCUT2D eigenvalue weighted by Gasteiger charge is 2.22. The molecule has 1 aromatic heterocycles. The minimum absolute atomic E-state index is 0.0969. The average Bonchev–Trinajstić information content (AvgIpc) is 2.63. The second kappa shape index (κ2) is 5.87. The van der Waals surface area contributed by atoms with E-state index in [4.69, 9.17) is 5.73 Å². The smallest absolute Gasteiger partial charge is 0.0948 e. The molecule has 2 N–H and O–H groups in total. The lowest BCUT2D eigenvalue weighted by atomic mass is 9.82. The molecule has 1 aromatic rings. The number of rotatable bonds is 5. The van der Waals surface area contributed by atoms with Gasteiger partial charge in [-0.2, -0.15) is 0 Å². The van der Waals surface area contributed by atoms with Crippen LogP contribution < -0.4 is 5.73 Å². The van der Waals surface area contributed by atoms with E-state index < -0.39 is 0 Å². The molecule has 0 amide bonds. The molecule has 1 heterocycles. The van der Waals surface area contributed by atoms with Crippen molar-refractivity contribution >= 4 is 0 Å². The van der Waals surface area contributed by atoms with Crippen molar-refractivity contribution in [2.45, 2.75) is 60.5 Å². The molecule has 3 heteroatoms. The lowest BCUT2D eigenvalue weighted by Crippen LogP contribution is -2.25. The molecule has 104 valence electrons. The van der Waals surface area contributed by atoms with Gasteiger partial charge < -0.3 is 10.3 Å². The summed E-state index contributed by atoms with van der Waals surface area (Å²) in [5, 5.41) is 0. The molecular weight excluding hydrogens is 222 g/mol. The number of aromatic nitrogens is 2. The third-order valence-corrected chi connectivity index (χ3v) is 3.80. The highest BCUT2D eigenvalue weighted by Crippen LogP contribution is 2.28. The fraction of sp³-hybridized carbons (Fsp3) is 0.800. The molecule has 0 saturated carbocycles. The molecule has 2 atom stereocenters. The van der Waals surface area contributed by atoms with Crippen LogP contribution in [0.3, 0.4) is 0 Å². The molecule has 0 spiro atoms. The van der Waals surface area contributed by atoms with Crippen LogP contribution in [0.5, 0.6) is 0 Å². The zero-order valence-corrected chi connectivity index (χ0v) is 12.8. The van der Waals surface area contributed by atoms with Gasteiger partial charge in [0.25, 0.3) is 0 Å². The highest BCUT2D eigenvalue weighted by molar-refractivity contribution is 5.05. The lowest BCUT2D eigenvalue weighted by molar-refractivity contribution is 0.229. The number of hydrogen-bond donors (Lipinski definition) is 1. The first kappa shape index (κ1) is 15.2. The molecule has 0 aliphatic rings. The van der Waals surface area contributed by atoms with Gasteiger partial charge in [0.1, 0.15) is 0 Å². The monoisotopic (exact) mass is 251 g/mol. The van der Waals surface area contributed by atoms with Crippen molar-refractivity contribution in [2.24, 2.45) is 23.0 Å². The minimum atomic E-state index is 0.0969. The summed E-state index contributed by atoms with van der Waals surface area (Å²) in [6.07, 6.45) is 4.84. The molecule has 0 aliphatic carbocycles. The van der Waals surface area contributed by atoms with Crippen molar-refractivity contribution in [3.05, 3.63) is 18.2 Å². The molecule has 2 unspecified atom stereocenters. The number of imidazole rings is 1. The molecule has 0 saturated heterocycles. The van der Waals surface area contributed by atoms with E-state index in [2.05, 4.69) is 51.1 Å². The molecule has 0 aromatic carbocycles. The van der Waals surface area contributed by atoms with Gasteiger partial charge in [-0.05, 0) is 23.7 Å². The van der Waals surface area contributed by atoms with Crippen molar-refractivity contribution in [2.75, 3.05) is 0 Å². The Bertz CT molecular complexity index is 360. The summed E-state index contributed by atoms with van der Waals surface area (Å²) in [5.41, 5.74) is 7.74. The fourth-order valence-electron chi connectivity index (χ4n) is 1.99. The van der Waals surface area contributed by atoms with Gasteiger partial charge in [-0.15, -0.1) is 0 Å². The number of nitrogens with two attached hydrogens (primary N) is 1. The first-order valence-electron chi connectivity index (χ1n) is 6.97. The van der Waals surface area contributed by atoms with E-state index in [0.29, 0.717) is 17.3 Å². The van der Waals surface area contributed by atoms with Gasteiger partial charge >= 0.3 is 0 Å². The van der Waals surface area contributed by atoms with Gasteiger partial charge in [-0.1, -0.05) is 41.5 Å². The Morgan fingerprint density at radius 3 is 2.39 bits per heavy atom. The molecule has 0 bridgehead atoms. The SMILES string of the molecule is CC(C)CC(N)c1cncn1CC(C)C(C)(C)C. The Morgan fingerprint density at radius 1 is 1.28 bits per heavy atom. The molecular formula is C15H29N3. The van der Waals surface area contributed by atoms with Gasteiger partial charge in [0, 0.05) is 18.8 Å². The van der Waals surface area contributed by atoms with Crippen LogP contribution >= 0.6 is 0 Å². The predicted octanol–water partition coefficient (Wildman–Crippen LogP) is 3.61. The van der Waals surface area contributed by atoms with Crippen molar-refractivity contribution in [1.29, 1.82) is 0 Å². The Balaban J connectivity index is 2.77. The predicted molar refractivity (Wildman–Crippen MR) is 77.2 cm³/mol. The fourth-order valence-corrected chi connectivity index (χ4v) is 1.99. The van der Waals surface area contributed by atoms with E-state index in [1.807, 2.05) is 12.5 Å². The maximum absolute atomic E-state index is 6.27. The van der Waals surface area contributed by atoms with E-state index in [-0.39, 0.29) is 6.04 Å². The maximum Gasteiger partial charge on any atom is 0.0948 e. The summed E-state index contributed by atoms with van der Waals surface area (Å²) >= 11 is 0. The van der Waals surface area contributed by atoms with Crippen LogP contribution in [-0.2, 0) is 6.54 Å². The van der Waals surface area contributed by atoms with Crippen LogP contribution in [0.25, 0.3) is 0 Å². The molecule has 0 aliphatic heterocycles. The van der Waals surface area contributed by atoms with Crippen LogP contribution in [0.15, 0.2) is 12.5 Å². The van der Waals surface area contributed by atoms with Crippen molar-refractivity contribution in [1.82, 2.24) is 9.55 Å². The summed E-state index contributed by atoms with van der Waals surface area (Å²) in [7, 11) is 0. The molecule has 18 heavy (non-hydrogen) atoms. The van der Waals surface area contributed by atoms with Crippen LogP contribution in [-0.4, -0.2) is 9.55 Å². The third kappa shape index (κ3) is 4.13. The van der Waals surface area contributed by atoms with Crippen molar-refractivity contribution in [3.8, 4) is 0 Å². The molecule has 0 fully saturated rings. The lowest BCUT2D eigenvalue weighted by Gasteiger charge is -2.28. The van der Waals surface area contributed by atoms with Crippen LogP contribution in [0, 0.1) is 17.3 Å². The van der Waals surface area contributed by atoms with Crippen LogP contribution in [0.1, 0.15) is 59.7 Å². The Hall–Kier alpha value is -0.830. The van der Waals surface area contributed by atoms with Gasteiger partial charge in [-0.25, -0.2) is 4.98 Å². The zero-order chi connectivity index (χ0) is 13.9. The van der Waals surface area contributed by atoms with Gasteiger partial charge in [0.05, 0.1) is 12.0 Å². The second-order valence-corrected chi connectivity index (χ2v) is 6.97. The summed E-state index contributed by atoms with van der Waals surface area (Å²) in [5.74, 6) is 1.21. The largest absolute Gasteiger partial charge is 0.333 e. The van der Waals surface area contributed by atoms with Crippen molar-refractivity contribution in [3.63, 3.8) is 0 Å². The van der Waals surface area contributed by atoms with E-state index in [1.165, 1.54) is 5.69 Å². The number of hydrogen-bond acceptors (Lipinski definition) is 2. The summed E-state index contributed by atoms with van der Waals surface area (Å²) in [4.78, 5) is 4.27. The van der Waals surface area contributed by atoms with Gasteiger partial charge in [-0.3, -0.25) is 0 Å². The van der Waals surface area contributed by atoms with Gasteiger partial charge in [0.15, 0.2) is 0 Å². The standard InChI is InChI=1S/C15H29N3/c1-11(2)7-13(16)14-8-17-10-18(14)9-12(3)15(4,5)6/h8,10-13H,7,9,16H2,1-6H3. The minimum Gasteiger partial charge on any atom is -0.333 e. The van der Waals surface area contributed by atoms with Crippen molar-refractivity contribution < 1.29 is 0 Å². The van der Waals surface area contributed by atoms with Gasteiger partial charge in [0.2, 0.25) is 0 Å². The first-order chi connectivity index (χ1) is 8.21. The van der Waals surface area contributed by atoms with E-state index in [9.17, 15) is 0 Å². The summed E-state index contributed by atoms with van der Waals surface area (Å²) in [6.45, 7) is 14.5. The quantitative estimate of drug-likeness (QED) is 0.868. The Kier molecular flexibility index (Phi) is 4.97. The molecule has 0 radical (unpaired) electrons. The van der Waals surface area contributed by atoms with Crippen LogP contribution in [0.2, 0.25) is 0 Å².